The van der Waals surface area contributed by atoms with Crippen molar-refractivity contribution in [3.8, 4) is 5.75 Å². The van der Waals surface area contributed by atoms with Crippen LogP contribution in [0.2, 0.25) is 0 Å². The van der Waals surface area contributed by atoms with E-state index in [1.165, 1.54) is 10.4 Å². The molecule has 0 spiro atoms. The van der Waals surface area contributed by atoms with Gasteiger partial charge in [-0.05, 0) is 53.6 Å². The largest absolute Gasteiger partial charge is 0.496 e. The molecule has 0 aromatic heterocycles. The molecular formula is C13H17IN2O4S. The van der Waals surface area contributed by atoms with E-state index in [1.54, 1.807) is 19.2 Å². The number of nitrogens with zero attached hydrogens (tertiary/aromatic N) is 1. The Balaban J connectivity index is 2.19. The number of primary amides is 1. The predicted molar refractivity (Wildman–Crippen MR) is 86.4 cm³/mol. The van der Waals surface area contributed by atoms with Gasteiger partial charge >= 0.3 is 0 Å². The van der Waals surface area contributed by atoms with E-state index in [0.29, 0.717) is 31.7 Å². The number of ether oxygens (including phenoxy) is 1. The van der Waals surface area contributed by atoms with Gasteiger partial charge in [-0.2, -0.15) is 4.31 Å². The van der Waals surface area contributed by atoms with Gasteiger partial charge in [-0.15, -0.1) is 0 Å². The SMILES string of the molecule is COc1ccc(S(=O)(=O)N2CCC(C(N)=O)CC2)cc1I. The van der Waals surface area contributed by atoms with Crippen LogP contribution in [0.5, 0.6) is 5.75 Å². The highest BCUT2D eigenvalue weighted by molar-refractivity contribution is 14.1. The highest BCUT2D eigenvalue weighted by Crippen LogP contribution is 2.28. The average Bonchev–Trinajstić information content (AvgIpc) is 2.47. The number of benzene rings is 1. The van der Waals surface area contributed by atoms with Crippen LogP contribution >= 0.6 is 22.6 Å². The zero-order chi connectivity index (χ0) is 15.6. The summed E-state index contributed by atoms with van der Waals surface area (Å²) in [4.78, 5) is 11.4. The van der Waals surface area contributed by atoms with Crippen LogP contribution in [0.15, 0.2) is 23.1 Å². The quantitative estimate of drug-likeness (QED) is 0.736. The Bertz CT molecular complexity index is 640. The Morgan fingerprint density at radius 3 is 2.48 bits per heavy atom. The predicted octanol–water partition coefficient (Wildman–Crippen LogP) is 1.19. The van der Waals surface area contributed by atoms with Gasteiger partial charge in [-0.25, -0.2) is 8.42 Å². The van der Waals surface area contributed by atoms with Gasteiger partial charge in [0.1, 0.15) is 5.75 Å². The highest BCUT2D eigenvalue weighted by Gasteiger charge is 2.31. The van der Waals surface area contributed by atoms with Crippen LogP contribution in [0, 0.1) is 9.49 Å². The first kappa shape index (κ1) is 16.5. The summed E-state index contributed by atoms with van der Waals surface area (Å²) in [6, 6.07) is 4.77. The Labute approximate surface area is 137 Å². The molecule has 1 amide bonds. The van der Waals surface area contributed by atoms with Crippen LogP contribution in [-0.4, -0.2) is 38.8 Å². The topological polar surface area (TPSA) is 89.7 Å². The second-order valence-corrected chi connectivity index (χ2v) is 7.98. The van der Waals surface area contributed by atoms with E-state index < -0.39 is 10.0 Å². The van der Waals surface area contributed by atoms with Crippen LogP contribution < -0.4 is 10.5 Å². The summed E-state index contributed by atoms with van der Waals surface area (Å²) in [6.07, 6.45) is 0.948. The van der Waals surface area contributed by atoms with Crippen molar-refractivity contribution in [1.29, 1.82) is 0 Å². The van der Waals surface area contributed by atoms with Crippen molar-refractivity contribution < 1.29 is 17.9 Å². The van der Waals surface area contributed by atoms with E-state index in [-0.39, 0.29) is 16.7 Å². The molecule has 0 radical (unpaired) electrons. The lowest BCUT2D eigenvalue weighted by Gasteiger charge is -2.29. The molecule has 8 heteroatoms. The maximum Gasteiger partial charge on any atom is 0.243 e. The van der Waals surface area contributed by atoms with Crippen LogP contribution in [0.1, 0.15) is 12.8 Å². The van der Waals surface area contributed by atoms with Gasteiger partial charge < -0.3 is 10.5 Å². The maximum atomic E-state index is 12.6. The number of sulfonamides is 1. The van der Waals surface area contributed by atoms with Crippen LogP contribution in [0.4, 0.5) is 0 Å². The number of methoxy groups -OCH3 is 1. The number of hydrogen-bond donors (Lipinski definition) is 1. The molecule has 2 N–H and O–H groups in total. The lowest BCUT2D eigenvalue weighted by molar-refractivity contribution is -0.122. The normalized spacial score (nSPS) is 17.6. The van der Waals surface area contributed by atoms with Gasteiger partial charge in [-0.3, -0.25) is 4.79 Å². The molecule has 116 valence electrons. The zero-order valence-corrected chi connectivity index (χ0v) is 14.6. The maximum absolute atomic E-state index is 12.6. The molecule has 2 rings (SSSR count). The molecule has 6 nitrogen and oxygen atoms in total. The molecule has 0 atom stereocenters. The van der Waals surface area contributed by atoms with Crippen LogP contribution in [0.25, 0.3) is 0 Å². The first-order chi connectivity index (χ1) is 9.86. The summed E-state index contributed by atoms with van der Waals surface area (Å²) in [6.45, 7) is 0.636. The lowest BCUT2D eigenvalue weighted by atomic mass is 9.98. The van der Waals surface area contributed by atoms with E-state index in [4.69, 9.17) is 10.5 Å². The molecule has 0 bridgehead atoms. The second-order valence-electron chi connectivity index (χ2n) is 4.88. The molecule has 0 aliphatic carbocycles. The fraction of sp³-hybridized carbons (Fsp3) is 0.462. The monoisotopic (exact) mass is 424 g/mol. The van der Waals surface area contributed by atoms with E-state index in [9.17, 15) is 13.2 Å². The minimum Gasteiger partial charge on any atom is -0.496 e. The molecular weight excluding hydrogens is 407 g/mol. The molecule has 0 unspecified atom stereocenters. The van der Waals surface area contributed by atoms with Crippen molar-refractivity contribution in [2.75, 3.05) is 20.2 Å². The smallest absolute Gasteiger partial charge is 0.243 e. The molecule has 1 aliphatic heterocycles. The summed E-state index contributed by atoms with van der Waals surface area (Å²) < 4.78 is 32.4. The van der Waals surface area contributed by atoms with E-state index in [2.05, 4.69) is 0 Å². The summed E-state index contributed by atoms with van der Waals surface area (Å²) in [5, 5.41) is 0. The fourth-order valence-corrected chi connectivity index (χ4v) is 4.78. The number of amides is 1. The van der Waals surface area contributed by atoms with E-state index in [1.807, 2.05) is 22.6 Å². The van der Waals surface area contributed by atoms with Crippen LogP contribution in [0.3, 0.4) is 0 Å². The van der Waals surface area contributed by atoms with Gasteiger partial charge in [-0.1, -0.05) is 0 Å². The van der Waals surface area contributed by atoms with Gasteiger partial charge in [0.15, 0.2) is 0 Å². The number of nitrogens with two attached hydrogens (primary N) is 1. The van der Waals surface area contributed by atoms with Gasteiger partial charge in [0.05, 0.1) is 15.6 Å². The number of rotatable bonds is 4. The molecule has 1 saturated heterocycles. The van der Waals surface area contributed by atoms with Crippen molar-refractivity contribution in [2.45, 2.75) is 17.7 Å². The van der Waals surface area contributed by atoms with Crippen LogP contribution in [-0.2, 0) is 14.8 Å². The first-order valence-corrected chi connectivity index (χ1v) is 9.01. The van der Waals surface area contributed by atoms with Crippen molar-refractivity contribution in [2.24, 2.45) is 11.7 Å². The summed E-state index contributed by atoms with van der Waals surface area (Å²) in [5.41, 5.74) is 5.26. The second kappa shape index (κ2) is 6.49. The van der Waals surface area contributed by atoms with Crippen molar-refractivity contribution in [3.63, 3.8) is 0 Å². The molecule has 21 heavy (non-hydrogen) atoms. The van der Waals surface area contributed by atoms with Gasteiger partial charge in [0.25, 0.3) is 0 Å². The number of carbonyl (C=O) groups is 1. The summed E-state index contributed by atoms with van der Waals surface area (Å²) >= 11 is 2.04. The molecule has 1 aliphatic rings. The minimum absolute atomic E-state index is 0.229. The molecule has 0 saturated carbocycles. The van der Waals surface area contributed by atoms with E-state index >= 15 is 0 Å². The van der Waals surface area contributed by atoms with Crippen molar-refractivity contribution in [3.05, 3.63) is 21.8 Å². The third-order valence-corrected chi connectivity index (χ3v) is 6.35. The molecule has 1 fully saturated rings. The highest BCUT2D eigenvalue weighted by atomic mass is 127. The number of hydrogen-bond acceptors (Lipinski definition) is 4. The summed E-state index contributed by atoms with van der Waals surface area (Å²) in [7, 11) is -2.00. The number of halogens is 1. The Morgan fingerprint density at radius 1 is 1.38 bits per heavy atom. The number of carbonyl (C=O) groups excluding carboxylic acids is 1. The zero-order valence-electron chi connectivity index (χ0n) is 11.6. The standard InChI is InChI=1S/C13H17IN2O4S/c1-20-12-3-2-10(8-11(12)14)21(18,19)16-6-4-9(5-7-16)13(15)17/h2-3,8-9H,4-7H2,1H3,(H2,15,17). The molecule has 1 heterocycles. The van der Waals surface area contributed by atoms with Gasteiger partial charge in [0, 0.05) is 19.0 Å². The Morgan fingerprint density at radius 2 is 2.00 bits per heavy atom. The fourth-order valence-electron chi connectivity index (χ4n) is 2.34. The number of piperidine rings is 1. The molecule has 1 aromatic rings. The van der Waals surface area contributed by atoms with Crippen molar-refractivity contribution in [1.82, 2.24) is 4.31 Å². The van der Waals surface area contributed by atoms with E-state index in [0.717, 1.165) is 3.57 Å². The van der Waals surface area contributed by atoms with Crippen molar-refractivity contribution >= 4 is 38.5 Å². The summed E-state index contributed by atoms with van der Waals surface area (Å²) in [5.74, 6) is 0.0560. The Kier molecular flexibility index (Phi) is 5.10. The molecule has 1 aromatic carbocycles. The minimum atomic E-state index is -3.54. The van der Waals surface area contributed by atoms with Gasteiger partial charge in [0.2, 0.25) is 15.9 Å². The third kappa shape index (κ3) is 3.49. The average molecular weight is 424 g/mol. The third-order valence-electron chi connectivity index (χ3n) is 3.62. The lowest BCUT2D eigenvalue weighted by Crippen LogP contribution is -2.41. The first-order valence-electron chi connectivity index (χ1n) is 6.49. The Hall–Kier alpha value is -0.870.